The maximum atomic E-state index is 4.93. The van der Waals surface area contributed by atoms with Crippen LogP contribution in [0.25, 0.3) is 0 Å². The highest BCUT2D eigenvalue weighted by molar-refractivity contribution is 5.97. The number of anilines is 1. The smallest absolute Gasteiger partial charge is 0.226 e. The molecule has 2 aliphatic heterocycles. The summed E-state index contributed by atoms with van der Waals surface area (Å²) in [7, 11) is 17.4. The van der Waals surface area contributed by atoms with E-state index in [4.69, 9.17) is 25.0 Å². The second-order valence-corrected chi connectivity index (χ2v) is 7.40. The second kappa shape index (κ2) is 7.10. The molecule has 0 amide bonds. The number of hydrogen-bond acceptors (Lipinski definition) is 8. The summed E-state index contributed by atoms with van der Waals surface area (Å²) >= 11 is 0. The quantitative estimate of drug-likeness (QED) is 0.582. The van der Waals surface area contributed by atoms with Gasteiger partial charge < -0.3 is 24.9 Å². The molecule has 1 aromatic carbocycles. The Labute approximate surface area is 165 Å². The van der Waals surface area contributed by atoms with Gasteiger partial charge in [0, 0.05) is 63.4 Å². The molecule has 10 heteroatoms. The van der Waals surface area contributed by atoms with E-state index in [1.165, 1.54) is 0 Å². The third kappa shape index (κ3) is 3.14. The van der Waals surface area contributed by atoms with Crippen LogP contribution in [0, 0.1) is 0 Å². The summed E-state index contributed by atoms with van der Waals surface area (Å²) < 4.78 is 0. The molecule has 0 aliphatic carbocycles. The minimum Gasteiger partial charge on any atom is -0.384 e. The Hall–Kier alpha value is -3.17. The first-order valence-electron chi connectivity index (χ1n) is 8.96. The van der Waals surface area contributed by atoms with Gasteiger partial charge in [0.05, 0.1) is 5.69 Å². The Bertz CT molecular complexity index is 996. The summed E-state index contributed by atoms with van der Waals surface area (Å²) in [6.07, 6.45) is 0. The van der Waals surface area contributed by atoms with Gasteiger partial charge in [0.15, 0.2) is 0 Å². The molecule has 0 saturated heterocycles. The molecule has 1 N–H and O–H groups in total. The van der Waals surface area contributed by atoms with Gasteiger partial charge in [-0.05, 0) is 0 Å². The summed E-state index contributed by atoms with van der Waals surface area (Å²) in [6, 6.07) is 0. The van der Waals surface area contributed by atoms with Crippen molar-refractivity contribution in [2.24, 2.45) is 25.0 Å². The SMILES string of the molecule is CNc1c2c(c(N=C(N(C)C)N(C)C)c3c1=NC(N(C)C)=N3)=NC(N(C)C)=N2. The Kier molecular flexibility index (Phi) is 4.97. The van der Waals surface area contributed by atoms with Crippen molar-refractivity contribution >= 4 is 40.6 Å². The zero-order valence-corrected chi connectivity index (χ0v) is 18.0. The largest absolute Gasteiger partial charge is 0.384 e. The second-order valence-electron chi connectivity index (χ2n) is 7.40. The number of nitrogens with one attached hydrogen (secondary N) is 1. The molecule has 150 valence electrons. The van der Waals surface area contributed by atoms with Crippen LogP contribution in [0.2, 0.25) is 0 Å². The number of rotatable bonds is 2. The van der Waals surface area contributed by atoms with Gasteiger partial charge in [-0.2, -0.15) is 0 Å². The first kappa shape index (κ1) is 19.6. The van der Waals surface area contributed by atoms with Crippen molar-refractivity contribution in [3.63, 3.8) is 0 Å². The average Bonchev–Trinajstić information content (AvgIpc) is 3.22. The molecule has 2 aliphatic rings. The van der Waals surface area contributed by atoms with Crippen molar-refractivity contribution in [3.8, 4) is 0 Å². The molecule has 0 saturated carbocycles. The highest BCUT2D eigenvalue weighted by atomic mass is 15.3. The lowest BCUT2D eigenvalue weighted by Crippen LogP contribution is -2.35. The van der Waals surface area contributed by atoms with Crippen molar-refractivity contribution in [3.05, 3.63) is 10.7 Å². The molecule has 28 heavy (non-hydrogen) atoms. The van der Waals surface area contributed by atoms with Crippen LogP contribution in [0.5, 0.6) is 0 Å². The predicted octanol–water partition coefficient (Wildman–Crippen LogP) is 0.204. The normalized spacial score (nSPS) is 13.5. The van der Waals surface area contributed by atoms with Gasteiger partial charge in [-0.15, -0.1) is 0 Å². The fourth-order valence-corrected chi connectivity index (χ4v) is 3.01. The highest BCUT2D eigenvalue weighted by Crippen LogP contribution is 2.33. The summed E-state index contributed by atoms with van der Waals surface area (Å²) in [5.41, 5.74) is 2.91. The molecule has 0 bridgehead atoms. The van der Waals surface area contributed by atoms with E-state index in [-0.39, 0.29) is 0 Å². The van der Waals surface area contributed by atoms with E-state index in [1.807, 2.05) is 83.0 Å². The standard InChI is InChI=1S/C18H28N10/c1-19-10-11-13(22-16(20-11)25(2)3)15(24-18(27(6)7)28(8)9)14-12(10)21-17(23-14)26(4)5/h19H,1-9H3. The molecule has 3 rings (SSSR count). The number of guanidine groups is 3. The number of benzene rings is 1. The van der Waals surface area contributed by atoms with Crippen LogP contribution in [0.1, 0.15) is 0 Å². The van der Waals surface area contributed by atoms with Crippen LogP contribution in [-0.4, -0.2) is 101 Å². The molecule has 2 heterocycles. The van der Waals surface area contributed by atoms with Crippen LogP contribution >= 0.6 is 0 Å². The third-order valence-corrected chi connectivity index (χ3v) is 4.28. The number of aliphatic imine (C=N–C) groups is 3. The summed E-state index contributed by atoms with van der Waals surface area (Å²) in [4.78, 5) is 31.5. The van der Waals surface area contributed by atoms with E-state index >= 15 is 0 Å². The van der Waals surface area contributed by atoms with E-state index in [0.717, 1.165) is 22.7 Å². The van der Waals surface area contributed by atoms with E-state index in [2.05, 4.69) is 5.32 Å². The Morgan fingerprint density at radius 3 is 1.68 bits per heavy atom. The number of nitrogens with zero attached hydrogens (tertiary/aromatic N) is 9. The van der Waals surface area contributed by atoms with Crippen molar-refractivity contribution in [1.82, 2.24) is 19.6 Å². The van der Waals surface area contributed by atoms with Crippen molar-refractivity contribution in [2.45, 2.75) is 0 Å². The zero-order valence-electron chi connectivity index (χ0n) is 18.0. The first-order valence-corrected chi connectivity index (χ1v) is 8.96. The molecule has 0 unspecified atom stereocenters. The Morgan fingerprint density at radius 2 is 1.21 bits per heavy atom. The first-order chi connectivity index (χ1) is 13.1. The van der Waals surface area contributed by atoms with Gasteiger partial charge in [0.1, 0.15) is 27.8 Å². The lowest BCUT2D eigenvalue weighted by Gasteiger charge is -2.22. The third-order valence-electron chi connectivity index (χ3n) is 4.28. The lowest BCUT2D eigenvalue weighted by atomic mass is 10.1. The van der Waals surface area contributed by atoms with Gasteiger partial charge in [0.2, 0.25) is 17.9 Å². The van der Waals surface area contributed by atoms with Gasteiger partial charge >= 0.3 is 0 Å². The van der Waals surface area contributed by atoms with Crippen LogP contribution in [0.4, 0.5) is 22.7 Å². The van der Waals surface area contributed by atoms with Crippen molar-refractivity contribution in [2.75, 3.05) is 68.7 Å². The van der Waals surface area contributed by atoms with E-state index in [0.29, 0.717) is 28.7 Å². The monoisotopic (exact) mass is 384 g/mol. The highest BCUT2D eigenvalue weighted by Gasteiger charge is 2.27. The van der Waals surface area contributed by atoms with Gasteiger partial charge in [0.25, 0.3) is 0 Å². The van der Waals surface area contributed by atoms with Crippen LogP contribution in [-0.2, 0) is 0 Å². The fourth-order valence-electron chi connectivity index (χ4n) is 3.01. The van der Waals surface area contributed by atoms with Crippen LogP contribution < -0.4 is 16.0 Å². The predicted molar refractivity (Wildman–Crippen MR) is 114 cm³/mol. The lowest BCUT2D eigenvalue weighted by molar-refractivity contribution is 0.484. The molecule has 0 spiro atoms. The Balaban J connectivity index is 2.41. The summed E-state index contributed by atoms with van der Waals surface area (Å²) in [5, 5.41) is 4.67. The van der Waals surface area contributed by atoms with Gasteiger partial charge in [-0.25, -0.2) is 25.0 Å². The summed E-state index contributed by atoms with van der Waals surface area (Å²) in [6.45, 7) is 0. The van der Waals surface area contributed by atoms with Gasteiger partial charge in [-0.1, -0.05) is 0 Å². The topological polar surface area (TPSA) is 86.8 Å². The zero-order chi connectivity index (χ0) is 20.7. The Morgan fingerprint density at radius 1 is 0.714 bits per heavy atom. The van der Waals surface area contributed by atoms with Crippen molar-refractivity contribution in [1.29, 1.82) is 0 Å². The molecular formula is C18H28N10. The van der Waals surface area contributed by atoms with E-state index < -0.39 is 0 Å². The molecular weight excluding hydrogens is 356 g/mol. The molecule has 0 atom stereocenters. The number of hydrogen-bond donors (Lipinski definition) is 1. The fraction of sp³-hybridized carbons (Fsp3) is 0.500. The number of fused-ring (bicyclic) bond motifs is 2. The van der Waals surface area contributed by atoms with Crippen molar-refractivity contribution < 1.29 is 0 Å². The maximum absolute atomic E-state index is 4.93. The summed E-state index contributed by atoms with van der Waals surface area (Å²) in [5.74, 6) is 2.03. The van der Waals surface area contributed by atoms with Gasteiger partial charge in [-0.3, -0.25) is 0 Å². The molecule has 10 nitrogen and oxygen atoms in total. The molecule has 1 aromatic rings. The van der Waals surface area contributed by atoms with Crippen LogP contribution in [0.3, 0.4) is 0 Å². The average molecular weight is 384 g/mol. The minimum absolute atomic E-state index is 0.625. The minimum atomic E-state index is 0.625. The maximum Gasteiger partial charge on any atom is 0.226 e. The molecule has 0 aromatic heterocycles. The van der Waals surface area contributed by atoms with Crippen LogP contribution in [0.15, 0.2) is 25.0 Å². The molecule has 0 fully saturated rings. The molecule has 0 radical (unpaired) electrons. The van der Waals surface area contributed by atoms with E-state index in [1.54, 1.807) is 0 Å². The van der Waals surface area contributed by atoms with E-state index in [9.17, 15) is 0 Å².